The summed E-state index contributed by atoms with van der Waals surface area (Å²) in [6.07, 6.45) is 0. The number of sulfonamides is 1. The van der Waals surface area contributed by atoms with E-state index in [4.69, 9.17) is 14.2 Å². The molecule has 0 aliphatic carbocycles. The molecule has 3 rings (SSSR count). The van der Waals surface area contributed by atoms with Crippen molar-refractivity contribution in [2.24, 2.45) is 0 Å². The van der Waals surface area contributed by atoms with E-state index in [-0.39, 0.29) is 18.1 Å². The zero-order chi connectivity index (χ0) is 23.6. The van der Waals surface area contributed by atoms with Gasteiger partial charge in [-0.1, -0.05) is 6.07 Å². The van der Waals surface area contributed by atoms with Gasteiger partial charge in [-0.05, 0) is 55.7 Å². The smallest absolute Gasteiger partial charge is 0.269 e. The quantitative estimate of drug-likeness (QED) is 0.639. The highest BCUT2D eigenvalue weighted by Gasteiger charge is 2.38. The number of hydrogen-bond donors (Lipinski definition) is 1. The van der Waals surface area contributed by atoms with E-state index in [0.717, 1.165) is 15.4 Å². The van der Waals surface area contributed by atoms with Crippen molar-refractivity contribution in [2.75, 3.05) is 38.7 Å². The number of nitrogens with zero attached hydrogens (tertiary/aromatic N) is 1. The number of hydrogen-bond acceptors (Lipinski definition) is 6. The Kier molecular flexibility index (Phi) is 6.68. The summed E-state index contributed by atoms with van der Waals surface area (Å²) in [5.41, 5.74) is 3.60. The van der Waals surface area contributed by atoms with Crippen molar-refractivity contribution in [1.29, 1.82) is 0 Å². The Balaban J connectivity index is 1.82. The summed E-state index contributed by atoms with van der Waals surface area (Å²) in [5.74, 6) is 0.855. The maximum absolute atomic E-state index is 13.1. The van der Waals surface area contributed by atoms with E-state index in [1.165, 1.54) is 21.3 Å². The van der Waals surface area contributed by atoms with Crippen LogP contribution in [0.2, 0.25) is 0 Å². The van der Waals surface area contributed by atoms with E-state index < -0.39 is 15.9 Å². The standard InChI is InChI=1S/C23H28N2O6S/c1-14-7-8-17(11-15(14)2)31-10-9-24-23(26)22-16(3)18-12-20(29-5)21(30-6)13-19(18)25(4)32(22,27)28/h7-8,11-13H,9-10H2,1-6H3,(H,24,26). The van der Waals surface area contributed by atoms with Crippen molar-refractivity contribution >= 4 is 27.2 Å². The Morgan fingerprint density at radius 1 is 1.00 bits per heavy atom. The van der Waals surface area contributed by atoms with Gasteiger partial charge in [0.1, 0.15) is 12.4 Å². The largest absolute Gasteiger partial charge is 0.493 e. The number of amides is 1. The van der Waals surface area contributed by atoms with Crippen molar-refractivity contribution in [1.82, 2.24) is 5.32 Å². The van der Waals surface area contributed by atoms with Gasteiger partial charge >= 0.3 is 0 Å². The monoisotopic (exact) mass is 460 g/mol. The van der Waals surface area contributed by atoms with Crippen LogP contribution in [-0.2, 0) is 14.8 Å². The molecule has 0 saturated carbocycles. The first-order valence-corrected chi connectivity index (χ1v) is 11.5. The van der Waals surface area contributed by atoms with Gasteiger partial charge in [0.2, 0.25) is 0 Å². The molecule has 1 aliphatic rings. The molecule has 1 aliphatic heterocycles. The first-order chi connectivity index (χ1) is 15.1. The topological polar surface area (TPSA) is 94.2 Å². The average Bonchev–Trinajstić information content (AvgIpc) is 2.76. The molecule has 172 valence electrons. The van der Waals surface area contributed by atoms with Crippen LogP contribution in [0.5, 0.6) is 17.2 Å². The molecule has 32 heavy (non-hydrogen) atoms. The van der Waals surface area contributed by atoms with Gasteiger partial charge < -0.3 is 19.5 Å². The molecule has 8 nitrogen and oxygen atoms in total. The Labute approximate surface area is 188 Å². The van der Waals surface area contributed by atoms with Crippen molar-refractivity contribution in [3.8, 4) is 17.2 Å². The van der Waals surface area contributed by atoms with Crippen LogP contribution in [0, 0.1) is 13.8 Å². The number of benzene rings is 2. The lowest BCUT2D eigenvalue weighted by Crippen LogP contribution is -2.40. The summed E-state index contributed by atoms with van der Waals surface area (Å²) in [6, 6.07) is 8.99. The lowest BCUT2D eigenvalue weighted by atomic mass is 10.0. The number of nitrogens with one attached hydrogen (secondary N) is 1. The van der Waals surface area contributed by atoms with Crippen LogP contribution in [-0.4, -0.2) is 48.7 Å². The summed E-state index contributed by atoms with van der Waals surface area (Å²) in [7, 11) is 0.332. The van der Waals surface area contributed by atoms with E-state index in [0.29, 0.717) is 34.1 Å². The molecule has 0 spiro atoms. The highest BCUT2D eigenvalue weighted by molar-refractivity contribution is 7.97. The number of rotatable bonds is 7. The Morgan fingerprint density at radius 2 is 1.66 bits per heavy atom. The molecule has 2 aromatic rings. The number of methoxy groups -OCH3 is 2. The zero-order valence-electron chi connectivity index (χ0n) is 19.1. The maximum atomic E-state index is 13.1. The van der Waals surface area contributed by atoms with Gasteiger partial charge in [0.15, 0.2) is 16.4 Å². The number of ether oxygens (including phenoxy) is 3. The minimum atomic E-state index is -4.04. The van der Waals surface area contributed by atoms with Crippen LogP contribution in [0.4, 0.5) is 5.69 Å². The van der Waals surface area contributed by atoms with Crippen LogP contribution in [0.15, 0.2) is 35.2 Å². The van der Waals surface area contributed by atoms with Crippen molar-refractivity contribution in [3.05, 3.63) is 51.9 Å². The van der Waals surface area contributed by atoms with Crippen LogP contribution in [0.1, 0.15) is 23.6 Å². The fourth-order valence-corrected chi connectivity index (χ4v) is 5.00. The minimum Gasteiger partial charge on any atom is -0.493 e. The fourth-order valence-electron chi connectivity index (χ4n) is 3.52. The molecule has 0 fully saturated rings. The molecular formula is C23H28N2O6S. The van der Waals surface area contributed by atoms with Gasteiger partial charge in [-0.15, -0.1) is 0 Å². The summed E-state index contributed by atoms with van der Waals surface area (Å²) >= 11 is 0. The van der Waals surface area contributed by atoms with Gasteiger partial charge in [0.05, 0.1) is 26.5 Å². The SMILES string of the molecule is COc1cc2c(cc1OC)N(C)S(=O)(=O)C(C(=O)NCCOc1ccc(C)c(C)c1)=C2C. The molecule has 0 saturated heterocycles. The van der Waals surface area contributed by atoms with Crippen LogP contribution in [0.25, 0.3) is 5.57 Å². The molecule has 9 heteroatoms. The lowest BCUT2D eigenvalue weighted by molar-refractivity contribution is -0.116. The fraction of sp³-hybridized carbons (Fsp3) is 0.348. The predicted octanol–water partition coefficient (Wildman–Crippen LogP) is 3.03. The average molecular weight is 461 g/mol. The molecule has 2 aromatic carbocycles. The lowest BCUT2D eigenvalue weighted by Gasteiger charge is -2.30. The Bertz CT molecular complexity index is 1190. The van der Waals surface area contributed by atoms with Gasteiger partial charge in [0, 0.05) is 18.7 Å². The number of carbonyl (C=O) groups is 1. The van der Waals surface area contributed by atoms with E-state index >= 15 is 0 Å². The number of allylic oxidation sites excluding steroid dienone is 1. The molecule has 0 radical (unpaired) electrons. The van der Waals surface area contributed by atoms with E-state index in [9.17, 15) is 13.2 Å². The minimum absolute atomic E-state index is 0.153. The summed E-state index contributed by atoms with van der Waals surface area (Å²) < 4.78 is 43.6. The third kappa shape index (κ3) is 4.25. The number of aryl methyl sites for hydroxylation is 2. The third-order valence-corrected chi connectivity index (χ3v) is 7.47. The molecule has 1 N–H and O–H groups in total. The molecule has 0 bridgehead atoms. The van der Waals surface area contributed by atoms with Crippen molar-refractivity contribution < 1.29 is 27.4 Å². The van der Waals surface area contributed by atoms with Crippen LogP contribution >= 0.6 is 0 Å². The molecule has 0 atom stereocenters. The molecule has 1 heterocycles. The molecule has 1 amide bonds. The molecule has 0 aromatic heterocycles. The maximum Gasteiger partial charge on any atom is 0.269 e. The second kappa shape index (κ2) is 9.12. The third-order valence-electron chi connectivity index (χ3n) is 5.55. The molecular weight excluding hydrogens is 432 g/mol. The van der Waals surface area contributed by atoms with Crippen LogP contribution in [0.3, 0.4) is 0 Å². The van der Waals surface area contributed by atoms with Gasteiger partial charge in [0.25, 0.3) is 15.9 Å². The summed E-state index contributed by atoms with van der Waals surface area (Å²) in [6.45, 7) is 5.97. The zero-order valence-corrected chi connectivity index (χ0v) is 19.9. The normalized spacial score (nSPS) is 14.6. The highest BCUT2D eigenvalue weighted by atomic mass is 32.2. The summed E-state index contributed by atoms with van der Waals surface area (Å²) in [4.78, 5) is 12.6. The van der Waals surface area contributed by atoms with E-state index in [1.54, 1.807) is 19.1 Å². The van der Waals surface area contributed by atoms with Crippen molar-refractivity contribution in [2.45, 2.75) is 20.8 Å². The van der Waals surface area contributed by atoms with Crippen LogP contribution < -0.4 is 23.8 Å². The van der Waals surface area contributed by atoms with Gasteiger partial charge in [-0.3, -0.25) is 9.10 Å². The summed E-state index contributed by atoms with van der Waals surface area (Å²) in [5, 5.41) is 2.65. The highest BCUT2D eigenvalue weighted by Crippen LogP contribution is 2.44. The predicted molar refractivity (Wildman–Crippen MR) is 124 cm³/mol. The number of fused-ring (bicyclic) bond motifs is 1. The van der Waals surface area contributed by atoms with E-state index in [2.05, 4.69) is 5.32 Å². The van der Waals surface area contributed by atoms with Gasteiger partial charge in [-0.2, -0.15) is 0 Å². The van der Waals surface area contributed by atoms with Gasteiger partial charge in [-0.25, -0.2) is 8.42 Å². The first-order valence-electron chi connectivity index (χ1n) is 10.1. The van der Waals surface area contributed by atoms with E-state index in [1.807, 2.05) is 32.0 Å². The first kappa shape index (κ1) is 23.5. The number of anilines is 1. The molecule has 0 unspecified atom stereocenters. The second-order valence-electron chi connectivity index (χ2n) is 7.50. The second-order valence-corrected chi connectivity index (χ2v) is 9.41. The van der Waals surface area contributed by atoms with Crippen molar-refractivity contribution in [3.63, 3.8) is 0 Å². The Morgan fingerprint density at radius 3 is 2.28 bits per heavy atom. The number of carbonyl (C=O) groups excluding carboxylic acids is 1. The Hall–Kier alpha value is -3.20.